The molecule has 9 heteroatoms. The summed E-state index contributed by atoms with van der Waals surface area (Å²) in [7, 11) is 1.66. The van der Waals surface area contributed by atoms with Gasteiger partial charge in [0.1, 0.15) is 5.75 Å². The highest BCUT2D eigenvalue weighted by Crippen LogP contribution is 2.22. The highest BCUT2D eigenvalue weighted by Gasteiger charge is 2.22. The van der Waals surface area contributed by atoms with Gasteiger partial charge in [0.25, 0.3) is 5.22 Å². The Balaban J connectivity index is 1.45. The summed E-state index contributed by atoms with van der Waals surface area (Å²) in [6.45, 7) is 3.07. The average molecular weight is 395 g/mol. The van der Waals surface area contributed by atoms with Crippen LogP contribution in [-0.2, 0) is 10.5 Å². The highest BCUT2D eigenvalue weighted by atomic mass is 32.2. The Morgan fingerprint density at radius 3 is 2.58 bits per heavy atom. The van der Waals surface area contributed by atoms with Crippen LogP contribution in [0.2, 0.25) is 0 Å². The monoisotopic (exact) mass is 394 g/mol. The summed E-state index contributed by atoms with van der Waals surface area (Å²) in [5.41, 5.74) is 1.15. The molecule has 7 nitrogen and oxygen atoms in total. The first-order valence-corrected chi connectivity index (χ1v) is 10.7. The zero-order chi connectivity index (χ0) is 18.4. The van der Waals surface area contributed by atoms with Crippen molar-refractivity contribution in [1.29, 1.82) is 0 Å². The maximum atomic E-state index is 12.4. The quantitative estimate of drug-likeness (QED) is 0.663. The lowest BCUT2D eigenvalue weighted by atomic mass is 10.2. The van der Waals surface area contributed by atoms with Crippen LogP contribution in [0.5, 0.6) is 5.75 Å². The zero-order valence-electron chi connectivity index (χ0n) is 14.9. The number of piperazine rings is 1. The fourth-order valence-electron chi connectivity index (χ4n) is 2.70. The van der Waals surface area contributed by atoms with Crippen molar-refractivity contribution in [3.63, 3.8) is 0 Å². The van der Waals surface area contributed by atoms with Gasteiger partial charge in [-0.1, -0.05) is 11.8 Å². The Morgan fingerprint density at radius 1 is 1.19 bits per heavy atom. The van der Waals surface area contributed by atoms with E-state index in [9.17, 15) is 4.79 Å². The van der Waals surface area contributed by atoms with Crippen LogP contribution >= 0.6 is 23.5 Å². The molecule has 1 aliphatic heterocycles. The molecule has 1 aromatic heterocycles. The van der Waals surface area contributed by atoms with E-state index in [2.05, 4.69) is 15.1 Å². The molecular weight excluding hydrogens is 372 g/mol. The molecule has 0 aliphatic carbocycles. The van der Waals surface area contributed by atoms with Crippen LogP contribution in [0.1, 0.15) is 5.89 Å². The maximum Gasteiger partial charge on any atom is 0.277 e. The normalized spacial score (nSPS) is 14.5. The first kappa shape index (κ1) is 18.9. The molecule has 1 fully saturated rings. The molecule has 3 rings (SSSR count). The summed E-state index contributed by atoms with van der Waals surface area (Å²) < 4.78 is 10.7. The van der Waals surface area contributed by atoms with E-state index in [0.29, 0.717) is 35.7 Å². The van der Waals surface area contributed by atoms with Crippen molar-refractivity contribution < 1.29 is 13.9 Å². The largest absolute Gasteiger partial charge is 0.497 e. The number of carbonyl (C=O) groups excluding carboxylic acids is 1. The second-order valence-corrected chi connectivity index (χ2v) is 7.54. The third kappa shape index (κ3) is 4.85. The summed E-state index contributed by atoms with van der Waals surface area (Å²) in [4.78, 5) is 16.6. The van der Waals surface area contributed by atoms with Gasteiger partial charge in [-0.3, -0.25) is 4.79 Å². The molecule has 0 unspecified atom stereocenters. The average Bonchev–Trinajstić information content (AvgIpc) is 3.14. The van der Waals surface area contributed by atoms with E-state index in [4.69, 9.17) is 9.15 Å². The van der Waals surface area contributed by atoms with Crippen LogP contribution in [0.4, 0.5) is 5.69 Å². The van der Waals surface area contributed by atoms with Gasteiger partial charge in [0, 0.05) is 31.9 Å². The molecule has 0 atom stereocenters. The number of benzene rings is 1. The van der Waals surface area contributed by atoms with Gasteiger partial charge < -0.3 is 19.0 Å². The van der Waals surface area contributed by atoms with E-state index in [1.807, 2.05) is 35.4 Å². The summed E-state index contributed by atoms with van der Waals surface area (Å²) >= 11 is 2.93. The third-order valence-electron chi connectivity index (χ3n) is 4.11. The van der Waals surface area contributed by atoms with Crippen LogP contribution in [0.15, 0.2) is 33.9 Å². The Morgan fingerprint density at radius 2 is 1.92 bits per heavy atom. The van der Waals surface area contributed by atoms with Crippen molar-refractivity contribution in [2.75, 3.05) is 50.2 Å². The number of anilines is 1. The Labute approximate surface area is 161 Å². The molecule has 0 N–H and O–H groups in total. The number of amides is 1. The second-order valence-electron chi connectivity index (χ2n) is 5.75. The van der Waals surface area contributed by atoms with Crippen LogP contribution in [0.3, 0.4) is 0 Å². The predicted octanol–water partition coefficient (Wildman–Crippen LogP) is 2.38. The first-order chi connectivity index (χ1) is 12.7. The van der Waals surface area contributed by atoms with Gasteiger partial charge in [0.2, 0.25) is 11.8 Å². The maximum absolute atomic E-state index is 12.4. The number of hydrogen-bond acceptors (Lipinski definition) is 8. The van der Waals surface area contributed by atoms with Gasteiger partial charge >= 0.3 is 0 Å². The molecule has 26 heavy (non-hydrogen) atoms. The fourth-order valence-corrected chi connectivity index (χ4v) is 3.75. The van der Waals surface area contributed by atoms with E-state index in [1.165, 1.54) is 11.8 Å². The molecule has 140 valence electrons. The van der Waals surface area contributed by atoms with E-state index in [0.717, 1.165) is 24.5 Å². The third-order valence-corrected chi connectivity index (χ3v) is 5.44. The molecule has 1 amide bonds. The Kier molecular flexibility index (Phi) is 6.67. The molecule has 2 aromatic rings. The van der Waals surface area contributed by atoms with Crippen LogP contribution < -0.4 is 9.64 Å². The number of ether oxygens (including phenoxy) is 1. The van der Waals surface area contributed by atoms with E-state index >= 15 is 0 Å². The van der Waals surface area contributed by atoms with E-state index in [-0.39, 0.29) is 5.91 Å². The standard InChI is InChI=1S/C17H22N4O3S2/c1-23-14-5-3-13(4-6-14)20-7-9-21(10-8-20)16(22)12-26-17-19-18-15(24-17)11-25-2/h3-6H,7-12H2,1-2H3. The molecule has 0 bridgehead atoms. The fraction of sp³-hybridized carbons (Fsp3) is 0.471. The number of nitrogens with zero attached hydrogens (tertiary/aromatic N) is 4. The Hall–Kier alpha value is -1.87. The van der Waals surface area contributed by atoms with Crippen molar-refractivity contribution in [3.05, 3.63) is 30.2 Å². The van der Waals surface area contributed by atoms with Crippen molar-refractivity contribution in [1.82, 2.24) is 15.1 Å². The molecule has 0 saturated carbocycles. The summed E-state index contributed by atoms with van der Waals surface area (Å²) in [6.07, 6.45) is 1.98. The molecule has 0 spiro atoms. The lowest BCUT2D eigenvalue weighted by Gasteiger charge is -2.36. The Bertz CT molecular complexity index is 715. The highest BCUT2D eigenvalue weighted by molar-refractivity contribution is 7.99. The van der Waals surface area contributed by atoms with Crippen LogP contribution in [-0.4, -0.2) is 66.3 Å². The number of rotatable bonds is 7. The molecule has 0 radical (unpaired) electrons. The SMILES string of the molecule is COc1ccc(N2CCN(C(=O)CSc3nnc(CSC)o3)CC2)cc1. The van der Waals surface area contributed by atoms with Gasteiger partial charge in [-0.2, -0.15) is 11.8 Å². The van der Waals surface area contributed by atoms with Gasteiger partial charge in [-0.25, -0.2) is 0 Å². The molecule has 2 heterocycles. The lowest BCUT2D eigenvalue weighted by molar-refractivity contribution is -0.128. The van der Waals surface area contributed by atoms with Gasteiger partial charge in [0.05, 0.1) is 18.6 Å². The molecule has 1 aliphatic rings. The van der Waals surface area contributed by atoms with E-state index < -0.39 is 0 Å². The molecule has 1 saturated heterocycles. The predicted molar refractivity (Wildman–Crippen MR) is 104 cm³/mol. The van der Waals surface area contributed by atoms with Gasteiger partial charge in [0.15, 0.2) is 0 Å². The van der Waals surface area contributed by atoms with Crippen molar-refractivity contribution >= 4 is 35.1 Å². The van der Waals surface area contributed by atoms with Gasteiger partial charge in [-0.15, -0.1) is 10.2 Å². The summed E-state index contributed by atoms with van der Waals surface area (Å²) in [5, 5.41) is 8.37. The zero-order valence-corrected chi connectivity index (χ0v) is 16.5. The second kappa shape index (κ2) is 9.18. The lowest BCUT2D eigenvalue weighted by Crippen LogP contribution is -2.49. The minimum atomic E-state index is 0.106. The number of hydrogen-bond donors (Lipinski definition) is 0. The van der Waals surface area contributed by atoms with Gasteiger partial charge in [-0.05, 0) is 30.5 Å². The first-order valence-electron chi connectivity index (χ1n) is 8.30. The van der Waals surface area contributed by atoms with Crippen molar-refractivity contribution in [2.45, 2.75) is 11.0 Å². The van der Waals surface area contributed by atoms with E-state index in [1.54, 1.807) is 18.9 Å². The van der Waals surface area contributed by atoms with Crippen LogP contribution in [0, 0.1) is 0 Å². The molecule has 1 aromatic carbocycles. The number of thioether (sulfide) groups is 2. The summed E-state index contributed by atoms with van der Waals surface area (Å²) in [5.74, 6) is 2.56. The summed E-state index contributed by atoms with van der Waals surface area (Å²) in [6, 6.07) is 8.01. The van der Waals surface area contributed by atoms with Crippen molar-refractivity contribution in [3.8, 4) is 5.75 Å². The van der Waals surface area contributed by atoms with Crippen LogP contribution in [0.25, 0.3) is 0 Å². The van der Waals surface area contributed by atoms with Crippen molar-refractivity contribution in [2.24, 2.45) is 0 Å². The number of aromatic nitrogens is 2. The minimum absolute atomic E-state index is 0.106. The number of carbonyl (C=O) groups is 1. The molecular formula is C17H22N4O3S2. The topological polar surface area (TPSA) is 71.7 Å². The minimum Gasteiger partial charge on any atom is -0.497 e. The smallest absolute Gasteiger partial charge is 0.277 e. The number of methoxy groups -OCH3 is 1.